The van der Waals surface area contributed by atoms with Gasteiger partial charge in [-0.25, -0.2) is 0 Å². The minimum Gasteiger partial charge on any atom is -0.457 e. The average molecular weight is 835 g/mol. The Labute approximate surface area is 372 Å². The Morgan fingerprint density at radius 3 is 0.875 bits per heavy atom. The summed E-state index contributed by atoms with van der Waals surface area (Å²) in [5.41, 5.74) is 9.18. The number of carbonyl (C=O) groups excluding carboxylic acids is 2. The Balaban J connectivity index is 0.958. The second-order valence-corrected chi connectivity index (χ2v) is 15.4. The first-order chi connectivity index (χ1) is 31.4. The maximum Gasteiger partial charge on any atom is 0.261 e. The zero-order chi connectivity index (χ0) is 43.6. The summed E-state index contributed by atoms with van der Waals surface area (Å²) in [6, 6.07) is 71.7. The van der Waals surface area contributed by atoms with Crippen LogP contribution in [0.2, 0.25) is 0 Å². The van der Waals surface area contributed by atoms with Gasteiger partial charge in [-0.15, -0.1) is 0 Å². The lowest BCUT2D eigenvalue weighted by molar-refractivity contribution is -0.123. The molecule has 0 spiro atoms. The van der Waals surface area contributed by atoms with Crippen LogP contribution in [-0.2, 0) is 9.59 Å². The Morgan fingerprint density at radius 2 is 0.562 bits per heavy atom. The van der Waals surface area contributed by atoms with Crippen molar-refractivity contribution in [3.8, 4) is 23.0 Å². The van der Waals surface area contributed by atoms with E-state index in [2.05, 4.69) is 34.1 Å². The molecule has 64 heavy (non-hydrogen) atoms. The van der Waals surface area contributed by atoms with Crippen molar-refractivity contribution in [2.75, 3.05) is 23.9 Å². The SMILES string of the molecule is CN1C(=O)C2=C(c3ccc(N(c4ccccc4)c4ccc(Oc5ccccc5)cc4)cc3)N(C)C(=O)C2=C1c1ccc(N(c2ccccc2)c2ccc(Oc3ccccc3)cc2)cc1. The van der Waals surface area contributed by atoms with E-state index in [4.69, 9.17) is 9.47 Å². The van der Waals surface area contributed by atoms with Crippen molar-refractivity contribution < 1.29 is 19.1 Å². The van der Waals surface area contributed by atoms with E-state index in [1.54, 1.807) is 23.9 Å². The van der Waals surface area contributed by atoms with Crippen molar-refractivity contribution in [1.82, 2.24) is 9.80 Å². The number of fused-ring (bicyclic) bond motifs is 1. The quantitative estimate of drug-likeness (QED) is 0.122. The van der Waals surface area contributed by atoms with Crippen LogP contribution < -0.4 is 19.3 Å². The lowest BCUT2D eigenvalue weighted by Gasteiger charge is -2.26. The lowest BCUT2D eigenvalue weighted by atomic mass is 10.0. The van der Waals surface area contributed by atoms with Crippen molar-refractivity contribution in [2.24, 2.45) is 0 Å². The predicted octanol–water partition coefficient (Wildman–Crippen LogP) is 13.3. The van der Waals surface area contributed by atoms with Crippen molar-refractivity contribution in [3.05, 3.63) is 241 Å². The zero-order valence-electron chi connectivity index (χ0n) is 35.2. The topological polar surface area (TPSA) is 65.6 Å². The summed E-state index contributed by atoms with van der Waals surface area (Å²) in [4.78, 5) is 36.0. The van der Waals surface area contributed by atoms with E-state index in [0.717, 1.165) is 68.2 Å². The number of ether oxygens (including phenoxy) is 2. The molecule has 2 aliphatic heterocycles. The fourth-order valence-corrected chi connectivity index (χ4v) is 8.36. The maximum absolute atomic E-state index is 14.2. The highest BCUT2D eigenvalue weighted by Crippen LogP contribution is 2.47. The standard InChI is InChI=1S/C56H42N4O4/c1-57-53(39-23-27-43(28-24-39)59(41-15-7-3-8-16-41)45-31-35-49(36-32-45)63-47-19-11-5-12-20-47)51-52(55(57)61)54(58(2)56(51)62)40-25-29-44(30-26-40)60(42-17-9-4-10-18-42)46-33-37-50(38-34-46)64-48-21-13-6-14-22-48/h3-38H,1-2H3. The van der Waals surface area contributed by atoms with Gasteiger partial charge >= 0.3 is 0 Å². The number of carbonyl (C=O) groups is 2. The highest BCUT2D eigenvalue weighted by Gasteiger charge is 2.46. The average Bonchev–Trinajstić information content (AvgIpc) is 3.75. The van der Waals surface area contributed by atoms with Gasteiger partial charge in [0.25, 0.3) is 11.8 Å². The second kappa shape index (κ2) is 17.0. The van der Waals surface area contributed by atoms with Crippen LogP contribution in [0.4, 0.5) is 34.1 Å². The smallest absolute Gasteiger partial charge is 0.261 e. The number of rotatable bonds is 12. The largest absolute Gasteiger partial charge is 0.457 e. The molecule has 0 fully saturated rings. The molecular weight excluding hydrogens is 793 g/mol. The molecule has 310 valence electrons. The highest BCUT2D eigenvalue weighted by atomic mass is 16.5. The first-order valence-electron chi connectivity index (χ1n) is 21.0. The van der Waals surface area contributed by atoms with E-state index in [1.807, 2.05) is 194 Å². The van der Waals surface area contributed by atoms with Crippen LogP contribution in [0.5, 0.6) is 23.0 Å². The number of hydrogen-bond donors (Lipinski definition) is 0. The van der Waals surface area contributed by atoms with Crippen LogP contribution in [0.1, 0.15) is 11.1 Å². The van der Waals surface area contributed by atoms with Gasteiger partial charge in [0.2, 0.25) is 0 Å². The predicted molar refractivity (Wildman–Crippen MR) is 255 cm³/mol. The van der Waals surface area contributed by atoms with Crippen molar-refractivity contribution in [1.29, 1.82) is 0 Å². The van der Waals surface area contributed by atoms with Gasteiger partial charge in [0, 0.05) is 48.2 Å². The van der Waals surface area contributed by atoms with Gasteiger partial charge in [-0.1, -0.05) is 97.1 Å². The lowest BCUT2D eigenvalue weighted by Crippen LogP contribution is -2.25. The summed E-state index contributed by atoms with van der Waals surface area (Å²) < 4.78 is 12.1. The molecule has 0 bridgehead atoms. The molecule has 0 unspecified atom stereocenters. The zero-order valence-corrected chi connectivity index (χ0v) is 35.2. The molecule has 8 aromatic carbocycles. The van der Waals surface area contributed by atoms with Gasteiger partial charge in [0.05, 0.1) is 22.5 Å². The second-order valence-electron chi connectivity index (χ2n) is 15.4. The van der Waals surface area contributed by atoms with E-state index in [-0.39, 0.29) is 11.8 Å². The summed E-state index contributed by atoms with van der Waals surface area (Å²) in [5.74, 6) is 2.56. The normalized spacial score (nSPS) is 13.3. The molecule has 0 atom stereocenters. The van der Waals surface area contributed by atoms with Crippen LogP contribution >= 0.6 is 0 Å². The summed E-state index contributed by atoms with van der Waals surface area (Å²) in [5, 5.41) is 0. The number of amides is 2. The van der Waals surface area contributed by atoms with E-state index in [1.165, 1.54) is 0 Å². The van der Waals surface area contributed by atoms with Gasteiger partial charge in [-0.2, -0.15) is 0 Å². The molecule has 2 amide bonds. The van der Waals surface area contributed by atoms with Crippen LogP contribution in [0.15, 0.2) is 230 Å². The molecule has 2 aliphatic rings. The van der Waals surface area contributed by atoms with Gasteiger partial charge < -0.3 is 29.1 Å². The molecule has 8 nitrogen and oxygen atoms in total. The Bertz CT molecular complexity index is 2800. The summed E-state index contributed by atoms with van der Waals surface area (Å²) in [6.45, 7) is 0. The molecular formula is C56H42N4O4. The Kier molecular flexibility index (Phi) is 10.5. The maximum atomic E-state index is 14.2. The Hall–Kier alpha value is -8.62. The summed E-state index contributed by atoms with van der Waals surface area (Å²) in [6.07, 6.45) is 0. The molecule has 0 radical (unpaired) electrons. The van der Waals surface area contributed by atoms with Crippen LogP contribution in [0.3, 0.4) is 0 Å². The van der Waals surface area contributed by atoms with Crippen LogP contribution in [0.25, 0.3) is 11.4 Å². The van der Waals surface area contributed by atoms with Crippen LogP contribution in [0, 0.1) is 0 Å². The molecule has 0 aromatic heterocycles. The van der Waals surface area contributed by atoms with E-state index in [9.17, 15) is 9.59 Å². The van der Waals surface area contributed by atoms with Gasteiger partial charge in [0.15, 0.2) is 0 Å². The van der Waals surface area contributed by atoms with Gasteiger partial charge in [-0.05, 0) is 132 Å². The van der Waals surface area contributed by atoms with Gasteiger partial charge in [0.1, 0.15) is 23.0 Å². The third-order valence-electron chi connectivity index (χ3n) is 11.4. The number of benzene rings is 8. The van der Waals surface area contributed by atoms with Crippen molar-refractivity contribution in [2.45, 2.75) is 0 Å². The number of hydrogen-bond acceptors (Lipinski definition) is 6. The third-order valence-corrected chi connectivity index (χ3v) is 11.4. The molecule has 0 N–H and O–H groups in total. The first kappa shape index (κ1) is 39.5. The monoisotopic (exact) mass is 834 g/mol. The number of para-hydroxylation sites is 4. The first-order valence-corrected chi connectivity index (χ1v) is 21.0. The van der Waals surface area contributed by atoms with E-state index < -0.39 is 0 Å². The van der Waals surface area contributed by atoms with E-state index >= 15 is 0 Å². The van der Waals surface area contributed by atoms with Crippen LogP contribution in [-0.4, -0.2) is 35.7 Å². The molecule has 8 aromatic rings. The molecule has 2 heterocycles. The Morgan fingerprint density at radius 1 is 0.312 bits per heavy atom. The third kappa shape index (κ3) is 7.54. The molecule has 0 saturated carbocycles. The fraction of sp³-hybridized carbons (Fsp3) is 0.0357. The minimum absolute atomic E-state index is 0.224. The molecule has 0 aliphatic carbocycles. The molecule has 8 heteroatoms. The van der Waals surface area contributed by atoms with Gasteiger partial charge in [-0.3, -0.25) is 9.59 Å². The number of likely N-dealkylation sites (N-methyl/N-ethyl adjacent to an activating group) is 2. The van der Waals surface area contributed by atoms with Crippen molar-refractivity contribution in [3.63, 3.8) is 0 Å². The van der Waals surface area contributed by atoms with E-state index in [0.29, 0.717) is 22.5 Å². The van der Waals surface area contributed by atoms with Crippen molar-refractivity contribution >= 4 is 57.3 Å². The number of anilines is 6. The highest BCUT2D eigenvalue weighted by molar-refractivity contribution is 6.30. The summed E-state index contributed by atoms with van der Waals surface area (Å²) in [7, 11) is 3.47. The fourth-order valence-electron chi connectivity index (χ4n) is 8.36. The molecule has 0 saturated heterocycles. The molecule has 10 rings (SSSR count). The number of nitrogens with zero attached hydrogens (tertiary/aromatic N) is 4. The minimum atomic E-state index is -0.224. The summed E-state index contributed by atoms with van der Waals surface area (Å²) >= 11 is 0.